The molecule has 0 amide bonds. The Kier molecular flexibility index (Phi) is 4.62. The molecular formula is C10H21NO. The van der Waals surface area contributed by atoms with Crippen LogP contribution in [0.5, 0.6) is 0 Å². The van der Waals surface area contributed by atoms with Gasteiger partial charge in [-0.05, 0) is 32.2 Å². The second-order valence-electron chi connectivity index (χ2n) is 3.53. The van der Waals surface area contributed by atoms with Crippen molar-refractivity contribution in [3.8, 4) is 0 Å². The Morgan fingerprint density at radius 2 is 2.17 bits per heavy atom. The van der Waals surface area contributed by atoms with Crippen molar-refractivity contribution >= 4 is 0 Å². The Bertz CT molecular complexity index is 112. The van der Waals surface area contributed by atoms with E-state index >= 15 is 0 Å². The van der Waals surface area contributed by atoms with E-state index in [4.69, 9.17) is 4.74 Å². The molecule has 0 aromatic rings. The molecule has 0 aromatic carbocycles. The summed E-state index contributed by atoms with van der Waals surface area (Å²) in [7, 11) is 0. The largest absolute Gasteiger partial charge is 0.374 e. The second-order valence-corrected chi connectivity index (χ2v) is 3.53. The highest BCUT2D eigenvalue weighted by Gasteiger charge is 2.21. The van der Waals surface area contributed by atoms with Gasteiger partial charge < -0.3 is 10.1 Å². The maximum atomic E-state index is 5.88. The maximum Gasteiger partial charge on any atom is 0.0700 e. The summed E-state index contributed by atoms with van der Waals surface area (Å²) in [4.78, 5) is 0. The zero-order chi connectivity index (χ0) is 8.81. The first-order valence-electron chi connectivity index (χ1n) is 5.23. The number of ether oxygens (including phenoxy) is 1. The van der Waals surface area contributed by atoms with E-state index in [2.05, 4.69) is 19.2 Å². The molecule has 2 heteroatoms. The Morgan fingerprint density at radius 1 is 1.42 bits per heavy atom. The van der Waals surface area contributed by atoms with Gasteiger partial charge in [0.2, 0.25) is 0 Å². The van der Waals surface area contributed by atoms with Gasteiger partial charge in [-0.15, -0.1) is 0 Å². The fraction of sp³-hybridized carbons (Fsp3) is 1.00. The molecule has 0 bridgehead atoms. The Balaban J connectivity index is 2.06. The first-order valence-corrected chi connectivity index (χ1v) is 5.23. The number of nitrogens with one attached hydrogen (secondary N) is 1. The minimum atomic E-state index is 0.440. The van der Waals surface area contributed by atoms with Crippen LogP contribution in [0.15, 0.2) is 0 Å². The molecule has 1 fully saturated rings. The van der Waals surface area contributed by atoms with Crippen LogP contribution >= 0.6 is 0 Å². The molecule has 1 rings (SSSR count). The first kappa shape index (κ1) is 10.0. The summed E-state index contributed by atoms with van der Waals surface area (Å²) >= 11 is 0. The van der Waals surface area contributed by atoms with Crippen molar-refractivity contribution in [1.82, 2.24) is 5.32 Å². The van der Waals surface area contributed by atoms with Gasteiger partial charge in [-0.1, -0.05) is 13.8 Å². The van der Waals surface area contributed by atoms with Gasteiger partial charge in [0.1, 0.15) is 0 Å². The van der Waals surface area contributed by atoms with E-state index in [1.54, 1.807) is 0 Å². The standard InChI is InChI=1S/C10H21NO/c1-3-9(8-11-4-2)12-10-6-5-7-10/h9-11H,3-8H2,1-2H3. The third-order valence-corrected chi connectivity index (χ3v) is 2.51. The SMILES string of the molecule is CCNCC(CC)OC1CCC1. The van der Waals surface area contributed by atoms with Gasteiger partial charge in [-0.3, -0.25) is 0 Å². The molecule has 2 nitrogen and oxygen atoms in total. The van der Waals surface area contributed by atoms with Crippen LogP contribution in [0.3, 0.4) is 0 Å². The fourth-order valence-electron chi connectivity index (χ4n) is 1.37. The van der Waals surface area contributed by atoms with Crippen LogP contribution in [0.2, 0.25) is 0 Å². The molecule has 0 aromatic heterocycles. The Morgan fingerprint density at radius 3 is 2.58 bits per heavy atom. The lowest BCUT2D eigenvalue weighted by molar-refractivity contribution is -0.0510. The third-order valence-electron chi connectivity index (χ3n) is 2.51. The molecule has 1 unspecified atom stereocenters. The highest BCUT2D eigenvalue weighted by atomic mass is 16.5. The molecule has 0 aliphatic heterocycles. The number of hydrogen-bond acceptors (Lipinski definition) is 2. The monoisotopic (exact) mass is 171 g/mol. The Labute approximate surface area is 75.7 Å². The van der Waals surface area contributed by atoms with Crippen LogP contribution in [-0.4, -0.2) is 25.3 Å². The van der Waals surface area contributed by atoms with Gasteiger partial charge >= 0.3 is 0 Å². The van der Waals surface area contributed by atoms with E-state index in [0.29, 0.717) is 12.2 Å². The van der Waals surface area contributed by atoms with Crippen LogP contribution in [0, 0.1) is 0 Å². The molecule has 72 valence electrons. The van der Waals surface area contributed by atoms with Crippen molar-refractivity contribution in [2.45, 2.75) is 51.7 Å². The molecule has 1 aliphatic carbocycles. The number of hydrogen-bond donors (Lipinski definition) is 1. The second kappa shape index (κ2) is 5.55. The summed E-state index contributed by atoms with van der Waals surface area (Å²) in [5.41, 5.74) is 0. The van der Waals surface area contributed by atoms with Crippen LogP contribution in [0.4, 0.5) is 0 Å². The fourth-order valence-corrected chi connectivity index (χ4v) is 1.37. The molecule has 1 N–H and O–H groups in total. The van der Waals surface area contributed by atoms with Crippen LogP contribution in [0.1, 0.15) is 39.5 Å². The smallest absolute Gasteiger partial charge is 0.0700 e. The highest BCUT2D eigenvalue weighted by Crippen LogP contribution is 2.23. The molecule has 1 aliphatic rings. The van der Waals surface area contributed by atoms with Crippen molar-refractivity contribution in [1.29, 1.82) is 0 Å². The lowest BCUT2D eigenvalue weighted by atomic mass is 9.96. The number of rotatable bonds is 6. The summed E-state index contributed by atoms with van der Waals surface area (Å²) in [6.07, 6.45) is 6.07. The molecule has 0 heterocycles. The van der Waals surface area contributed by atoms with Gasteiger partial charge in [0.15, 0.2) is 0 Å². The third kappa shape index (κ3) is 3.11. The van der Waals surface area contributed by atoms with E-state index in [1.165, 1.54) is 19.3 Å². The van der Waals surface area contributed by atoms with Crippen LogP contribution in [0.25, 0.3) is 0 Å². The lowest BCUT2D eigenvalue weighted by Gasteiger charge is -2.30. The summed E-state index contributed by atoms with van der Waals surface area (Å²) < 4.78 is 5.88. The van der Waals surface area contributed by atoms with Gasteiger partial charge in [0.25, 0.3) is 0 Å². The average molecular weight is 171 g/mol. The molecule has 1 atom stereocenters. The lowest BCUT2D eigenvalue weighted by Crippen LogP contribution is -2.34. The quantitative estimate of drug-likeness (QED) is 0.659. The predicted octanol–water partition coefficient (Wildman–Crippen LogP) is 1.94. The van der Waals surface area contributed by atoms with Crippen LogP contribution in [-0.2, 0) is 4.74 Å². The zero-order valence-electron chi connectivity index (χ0n) is 8.31. The minimum Gasteiger partial charge on any atom is -0.374 e. The molecular weight excluding hydrogens is 150 g/mol. The Hall–Kier alpha value is -0.0800. The zero-order valence-corrected chi connectivity index (χ0v) is 8.31. The van der Waals surface area contributed by atoms with Crippen molar-refractivity contribution < 1.29 is 4.74 Å². The van der Waals surface area contributed by atoms with Crippen molar-refractivity contribution in [2.75, 3.05) is 13.1 Å². The molecule has 12 heavy (non-hydrogen) atoms. The van der Waals surface area contributed by atoms with Gasteiger partial charge in [-0.25, -0.2) is 0 Å². The summed E-state index contributed by atoms with van der Waals surface area (Å²) in [6.45, 7) is 6.39. The molecule has 0 saturated heterocycles. The first-order chi connectivity index (χ1) is 5.86. The molecule has 0 spiro atoms. The van der Waals surface area contributed by atoms with E-state index in [0.717, 1.165) is 19.5 Å². The van der Waals surface area contributed by atoms with Gasteiger partial charge in [-0.2, -0.15) is 0 Å². The van der Waals surface area contributed by atoms with E-state index in [1.807, 2.05) is 0 Å². The van der Waals surface area contributed by atoms with Crippen molar-refractivity contribution in [3.05, 3.63) is 0 Å². The van der Waals surface area contributed by atoms with Gasteiger partial charge in [0.05, 0.1) is 12.2 Å². The van der Waals surface area contributed by atoms with E-state index in [9.17, 15) is 0 Å². The maximum absolute atomic E-state index is 5.88. The number of likely N-dealkylation sites (N-methyl/N-ethyl adjacent to an activating group) is 1. The van der Waals surface area contributed by atoms with E-state index < -0.39 is 0 Å². The normalized spacial score (nSPS) is 20.5. The van der Waals surface area contributed by atoms with Crippen LogP contribution < -0.4 is 5.32 Å². The minimum absolute atomic E-state index is 0.440. The van der Waals surface area contributed by atoms with Gasteiger partial charge in [0, 0.05) is 6.54 Å². The summed E-state index contributed by atoms with van der Waals surface area (Å²) in [6, 6.07) is 0. The summed E-state index contributed by atoms with van der Waals surface area (Å²) in [5.74, 6) is 0. The average Bonchev–Trinajstić information content (AvgIpc) is 2.02. The van der Waals surface area contributed by atoms with Crippen molar-refractivity contribution in [2.24, 2.45) is 0 Å². The van der Waals surface area contributed by atoms with E-state index in [-0.39, 0.29) is 0 Å². The van der Waals surface area contributed by atoms with Crippen molar-refractivity contribution in [3.63, 3.8) is 0 Å². The molecule has 0 radical (unpaired) electrons. The predicted molar refractivity (Wildman–Crippen MR) is 51.3 cm³/mol. The molecule has 1 saturated carbocycles. The summed E-state index contributed by atoms with van der Waals surface area (Å²) in [5, 5.41) is 3.33. The highest BCUT2D eigenvalue weighted by molar-refractivity contribution is 4.72. The topological polar surface area (TPSA) is 21.3 Å².